The summed E-state index contributed by atoms with van der Waals surface area (Å²) in [6, 6.07) is 4.48. The lowest BCUT2D eigenvalue weighted by atomic mass is 10.1. The summed E-state index contributed by atoms with van der Waals surface area (Å²) in [6.07, 6.45) is 6.48. The molecule has 2 aliphatic heterocycles. The maximum Gasteiger partial charge on any atom is 0.251 e. The molecule has 1 N–H and O–H groups in total. The second-order valence-electron chi connectivity index (χ2n) is 6.92. The van der Waals surface area contributed by atoms with E-state index >= 15 is 0 Å². The molecule has 0 aromatic carbocycles. The van der Waals surface area contributed by atoms with E-state index in [0.717, 1.165) is 38.0 Å². The van der Waals surface area contributed by atoms with E-state index in [1.807, 2.05) is 18.0 Å². The zero-order chi connectivity index (χ0) is 16.0. The fourth-order valence-corrected chi connectivity index (χ4v) is 3.69. The largest absolute Gasteiger partial charge is 0.349 e. The van der Waals surface area contributed by atoms with E-state index in [1.165, 1.54) is 0 Å². The highest BCUT2D eigenvalue weighted by Crippen LogP contribution is 2.34. The SMILES string of the molecule is CN1C[C@@H]2CC[C@H](CC1=O)N2c1cc(C(=O)NC2CC2)ccn1. The molecule has 2 amide bonds. The Morgan fingerprint density at radius 3 is 2.83 bits per heavy atom. The van der Waals surface area contributed by atoms with Crippen molar-refractivity contribution >= 4 is 17.6 Å². The first-order chi connectivity index (χ1) is 11.1. The van der Waals surface area contributed by atoms with Gasteiger partial charge in [0.25, 0.3) is 5.91 Å². The molecule has 0 spiro atoms. The molecular formula is C17H22N4O2. The van der Waals surface area contributed by atoms with E-state index in [1.54, 1.807) is 12.3 Å². The number of nitrogens with zero attached hydrogens (tertiary/aromatic N) is 3. The van der Waals surface area contributed by atoms with Crippen LogP contribution in [0, 0.1) is 0 Å². The predicted octanol–water partition coefficient (Wildman–Crippen LogP) is 1.17. The first kappa shape index (κ1) is 14.5. The van der Waals surface area contributed by atoms with Gasteiger partial charge in [0, 0.05) is 49.9 Å². The zero-order valence-corrected chi connectivity index (χ0v) is 13.4. The lowest BCUT2D eigenvalue weighted by molar-refractivity contribution is -0.129. The molecule has 1 saturated carbocycles. The van der Waals surface area contributed by atoms with Crippen molar-refractivity contribution < 1.29 is 9.59 Å². The molecule has 2 bridgehead atoms. The van der Waals surface area contributed by atoms with Gasteiger partial charge in [-0.2, -0.15) is 0 Å². The van der Waals surface area contributed by atoms with Gasteiger partial charge >= 0.3 is 0 Å². The molecule has 3 aliphatic rings. The quantitative estimate of drug-likeness (QED) is 0.910. The van der Waals surface area contributed by atoms with Crippen molar-refractivity contribution in [2.45, 2.75) is 50.2 Å². The van der Waals surface area contributed by atoms with Crippen LogP contribution in [0.2, 0.25) is 0 Å². The highest BCUT2D eigenvalue weighted by molar-refractivity contribution is 5.95. The standard InChI is InChI=1S/C17H22N4O2/c1-20-10-14-5-4-13(9-16(20)22)21(14)15-8-11(6-7-18-15)17(23)19-12-2-3-12/h6-8,12-14H,2-5,9-10H2,1H3,(H,19,23)/t13-,14+/m1/s1. The molecule has 1 aromatic heterocycles. The highest BCUT2D eigenvalue weighted by Gasteiger charge is 2.40. The van der Waals surface area contributed by atoms with Crippen LogP contribution in [0.1, 0.15) is 42.5 Å². The van der Waals surface area contributed by atoms with Gasteiger partial charge in [-0.3, -0.25) is 9.59 Å². The number of amides is 2. The van der Waals surface area contributed by atoms with Gasteiger partial charge in [0.15, 0.2) is 0 Å². The Kier molecular flexibility index (Phi) is 3.47. The summed E-state index contributed by atoms with van der Waals surface area (Å²) in [6.45, 7) is 0.732. The number of nitrogens with one attached hydrogen (secondary N) is 1. The average molecular weight is 314 g/mol. The highest BCUT2D eigenvalue weighted by atomic mass is 16.2. The van der Waals surface area contributed by atoms with Crippen LogP contribution in [0.3, 0.4) is 0 Å². The van der Waals surface area contributed by atoms with Gasteiger partial charge in [-0.1, -0.05) is 0 Å². The molecular weight excluding hydrogens is 292 g/mol. The second kappa shape index (κ2) is 5.51. The maximum absolute atomic E-state index is 12.3. The lowest BCUT2D eigenvalue weighted by Crippen LogP contribution is -2.39. The molecule has 0 radical (unpaired) electrons. The molecule has 4 rings (SSSR count). The van der Waals surface area contributed by atoms with Crippen molar-refractivity contribution in [2.75, 3.05) is 18.5 Å². The van der Waals surface area contributed by atoms with Crippen LogP contribution in [0.4, 0.5) is 5.82 Å². The molecule has 23 heavy (non-hydrogen) atoms. The molecule has 3 heterocycles. The van der Waals surface area contributed by atoms with Crippen molar-refractivity contribution in [1.29, 1.82) is 0 Å². The number of carbonyl (C=O) groups is 2. The summed E-state index contributed by atoms with van der Waals surface area (Å²) in [5.41, 5.74) is 0.658. The van der Waals surface area contributed by atoms with E-state index in [-0.39, 0.29) is 17.9 Å². The number of hydrogen-bond acceptors (Lipinski definition) is 4. The summed E-state index contributed by atoms with van der Waals surface area (Å²) >= 11 is 0. The van der Waals surface area contributed by atoms with E-state index in [9.17, 15) is 9.59 Å². The summed E-state index contributed by atoms with van der Waals surface area (Å²) in [7, 11) is 1.87. The van der Waals surface area contributed by atoms with Gasteiger partial charge in [-0.05, 0) is 37.8 Å². The Hall–Kier alpha value is -2.11. The van der Waals surface area contributed by atoms with Gasteiger partial charge in [0.1, 0.15) is 5.82 Å². The minimum absolute atomic E-state index is 0.0217. The van der Waals surface area contributed by atoms with Crippen molar-refractivity contribution in [2.24, 2.45) is 0 Å². The lowest BCUT2D eigenvalue weighted by Gasteiger charge is -2.29. The number of likely N-dealkylation sites (tertiary alicyclic amines) is 1. The molecule has 6 nitrogen and oxygen atoms in total. The number of aromatic nitrogens is 1. The number of anilines is 1. The van der Waals surface area contributed by atoms with Crippen LogP contribution in [-0.4, -0.2) is 53.4 Å². The molecule has 122 valence electrons. The molecule has 0 unspecified atom stereocenters. The number of carbonyl (C=O) groups excluding carboxylic acids is 2. The maximum atomic E-state index is 12.3. The van der Waals surface area contributed by atoms with Crippen LogP contribution in [0.15, 0.2) is 18.3 Å². The molecule has 1 aromatic rings. The van der Waals surface area contributed by atoms with Crippen LogP contribution < -0.4 is 10.2 Å². The minimum atomic E-state index is -0.0217. The van der Waals surface area contributed by atoms with Crippen molar-refractivity contribution in [3.8, 4) is 0 Å². The number of pyridine rings is 1. The van der Waals surface area contributed by atoms with Crippen LogP contribution in [-0.2, 0) is 4.79 Å². The summed E-state index contributed by atoms with van der Waals surface area (Å²) in [5, 5.41) is 3.02. The Balaban J connectivity index is 1.59. The van der Waals surface area contributed by atoms with Gasteiger partial charge in [0.05, 0.1) is 0 Å². The van der Waals surface area contributed by atoms with Crippen LogP contribution in [0.5, 0.6) is 0 Å². The van der Waals surface area contributed by atoms with E-state index in [2.05, 4.69) is 15.2 Å². The number of likely N-dealkylation sites (N-methyl/N-ethyl adjacent to an activating group) is 1. The molecule has 3 fully saturated rings. The van der Waals surface area contributed by atoms with Crippen molar-refractivity contribution in [3.63, 3.8) is 0 Å². The zero-order valence-electron chi connectivity index (χ0n) is 13.4. The molecule has 2 saturated heterocycles. The monoisotopic (exact) mass is 314 g/mol. The molecule has 6 heteroatoms. The summed E-state index contributed by atoms with van der Waals surface area (Å²) in [5.74, 6) is 1.00. The number of rotatable bonds is 3. The molecule has 2 atom stereocenters. The Morgan fingerprint density at radius 2 is 2.04 bits per heavy atom. The third kappa shape index (κ3) is 2.78. The smallest absolute Gasteiger partial charge is 0.251 e. The Bertz CT molecular complexity index is 643. The van der Waals surface area contributed by atoms with E-state index in [4.69, 9.17) is 0 Å². The van der Waals surface area contributed by atoms with Gasteiger partial charge in [0.2, 0.25) is 5.91 Å². The van der Waals surface area contributed by atoms with Crippen LogP contribution in [0.25, 0.3) is 0 Å². The first-order valence-corrected chi connectivity index (χ1v) is 8.41. The average Bonchev–Trinajstić information content (AvgIpc) is 3.28. The van der Waals surface area contributed by atoms with Gasteiger partial charge in [-0.25, -0.2) is 4.98 Å². The fraction of sp³-hybridized carbons (Fsp3) is 0.588. The minimum Gasteiger partial charge on any atom is -0.349 e. The molecule has 1 aliphatic carbocycles. The Morgan fingerprint density at radius 1 is 1.26 bits per heavy atom. The first-order valence-electron chi connectivity index (χ1n) is 8.41. The van der Waals surface area contributed by atoms with Gasteiger partial charge in [-0.15, -0.1) is 0 Å². The van der Waals surface area contributed by atoms with E-state index < -0.39 is 0 Å². The third-order valence-corrected chi connectivity index (χ3v) is 5.13. The summed E-state index contributed by atoms with van der Waals surface area (Å²) in [4.78, 5) is 32.9. The second-order valence-corrected chi connectivity index (χ2v) is 6.92. The van der Waals surface area contributed by atoms with Crippen LogP contribution >= 0.6 is 0 Å². The van der Waals surface area contributed by atoms with Gasteiger partial charge < -0.3 is 15.1 Å². The predicted molar refractivity (Wildman–Crippen MR) is 86.3 cm³/mol. The van der Waals surface area contributed by atoms with Crippen molar-refractivity contribution in [3.05, 3.63) is 23.9 Å². The number of fused-ring (bicyclic) bond motifs is 2. The summed E-state index contributed by atoms with van der Waals surface area (Å²) < 4.78 is 0. The number of hydrogen-bond donors (Lipinski definition) is 1. The topological polar surface area (TPSA) is 65.5 Å². The normalized spacial score (nSPS) is 27.1. The Labute approximate surface area is 135 Å². The van der Waals surface area contributed by atoms with E-state index in [0.29, 0.717) is 24.1 Å². The third-order valence-electron chi connectivity index (χ3n) is 5.13. The van der Waals surface area contributed by atoms with Crippen molar-refractivity contribution in [1.82, 2.24) is 15.2 Å². The fourth-order valence-electron chi connectivity index (χ4n) is 3.69.